The smallest absolute Gasteiger partial charge is 0.320 e. The van der Waals surface area contributed by atoms with Crippen LogP contribution in [-0.2, 0) is 4.79 Å². The highest BCUT2D eigenvalue weighted by molar-refractivity contribution is 5.73. The van der Waals surface area contributed by atoms with Gasteiger partial charge in [0.1, 0.15) is 6.04 Å². The van der Waals surface area contributed by atoms with E-state index in [2.05, 4.69) is 6.92 Å². The first-order valence-electron chi connectivity index (χ1n) is 1.96. The second-order valence-corrected chi connectivity index (χ2v) is 1.23. The lowest BCUT2D eigenvalue weighted by atomic mass is 10.2. The van der Waals surface area contributed by atoms with Crippen LogP contribution in [0.1, 0.15) is 6.42 Å². The Kier molecular flexibility index (Phi) is 2.37. The molecule has 0 aromatic rings. The van der Waals surface area contributed by atoms with E-state index in [1.165, 1.54) is 0 Å². The maximum absolute atomic E-state index is 9.77. The van der Waals surface area contributed by atoms with Crippen LogP contribution in [-0.4, -0.2) is 17.1 Å². The Morgan fingerprint density at radius 3 is 2.43 bits per heavy atom. The molecule has 41 valence electrons. The van der Waals surface area contributed by atoms with Gasteiger partial charge in [0.25, 0.3) is 0 Å². The van der Waals surface area contributed by atoms with E-state index < -0.39 is 12.0 Å². The summed E-state index contributed by atoms with van der Waals surface area (Å²) in [5.41, 5.74) is 4.95. The SMILES string of the molecule is [CH2]C[C@H](N)C(=O)O. The maximum atomic E-state index is 9.77. The molecule has 1 radical (unpaired) electrons. The van der Waals surface area contributed by atoms with Gasteiger partial charge in [-0.3, -0.25) is 4.79 Å². The molecule has 0 heterocycles. The van der Waals surface area contributed by atoms with Crippen LogP contribution in [0.2, 0.25) is 0 Å². The first-order chi connectivity index (χ1) is 3.18. The molecule has 0 spiro atoms. The molecule has 0 saturated heterocycles. The van der Waals surface area contributed by atoms with Crippen LogP contribution in [0.25, 0.3) is 0 Å². The number of hydrogen-bond acceptors (Lipinski definition) is 2. The molecule has 7 heavy (non-hydrogen) atoms. The van der Waals surface area contributed by atoms with E-state index in [4.69, 9.17) is 10.8 Å². The summed E-state index contributed by atoms with van der Waals surface area (Å²) in [6.07, 6.45) is 0.245. The molecule has 0 aromatic carbocycles. The molecule has 0 aliphatic heterocycles. The van der Waals surface area contributed by atoms with Gasteiger partial charge in [0.05, 0.1) is 0 Å². The van der Waals surface area contributed by atoms with Gasteiger partial charge >= 0.3 is 5.97 Å². The Morgan fingerprint density at radius 1 is 2.00 bits per heavy atom. The van der Waals surface area contributed by atoms with Crippen LogP contribution in [0.3, 0.4) is 0 Å². The fraction of sp³-hybridized carbons (Fsp3) is 0.500. The second-order valence-electron chi connectivity index (χ2n) is 1.23. The van der Waals surface area contributed by atoms with E-state index in [1.54, 1.807) is 0 Å². The fourth-order valence-corrected chi connectivity index (χ4v) is 0.123. The molecule has 0 saturated carbocycles. The molecule has 0 amide bonds. The quantitative estimate of drug-likeness (QED) is 0.499. The summed E-state index contributed by atoms with van der Waals surface area (Å²) >= 11 is 0. The van der Waals surface area contributed by atoms with Crippen molar-refractivity contribution < 1.29 is 9.90 Å². The van der Waals surface area contributed by atoms with E-state index in [9.17, 15) is 4.79 Å². The number of aliphatic carboxylic acids is 1. The summed E-state index contributed by atoms with van der Waals surface area (Å²) in [5, 5.41) is 8.02. The molecule has 0 bridgehead atoms. The third kappa shape index (κ3) is 2.17. The van der Waals surface area contributed by atoms with Gasteiger partial charge in [-0.2, -0.15) is 0 Å². The van der Waals surface area contributed by atoms with Gasteiger partial charge in [-0.05, 0) is 6.42 Å². The average Bonchev–Trinajstić information content (AvgIpc) is 1.65. The largest absolute Gasteiger partial charge is 0.480 e. The number of hydrogen-bond donors (Lipinski definition) is 2. The van der Waals surface area contributed by atoms with Gasteiger partial charge in [0.2, 0.25) is 0 Å². The molecule has 0 fully saturated rings. The Balaban J connectivity index is 3.34. The molecule has 0 aromatic heterocycles. The van der Waals surface area contributed by atoms with Crippen molar-refractivity contribution in [2.45, 2.75) is 12.5 Å². The molecular weight excluding hydrogens is 94.0 g/mol. The first-order valence-corrected chi connectivity index (χ1v) is 1.96. The number of carboxylic acids is 1. The van der Waals surface area contributed by atoms with Crippen molar-refractivity contribution in [2.24, 2.45) is 5.73 Å². The van der Waals surface area contributed by atoms with Crippen molar-refractivity contribution in [3.63, 3.8) is 0 Å². The molecule has 0 unspecified atom stereocenters. The van der Waals surface area contributed by atoms with Crippen LogP contribution < -0.4 is 5.73 Å². The zero-order valence-electron chi connectivity index (χ0n) is 3.92. The summed E-state index contributed by atoms with van der Waals surface area (Å²) in [6.45, 7) is 3.30. The number of carbonyl (C=O) groups is 1. The van der Waals surface area contributed by atoms with E-state index in [1.807, 2.05) is 0 Å². The van der Waals surface area contributed by atoms with Gasteiger partial charge in [-0.25, -0.2) is 0 Å². The van der Waals surface area contributed by atoms with Crippen LogP contribution >= 0.6 is 0 Å². The van der Waals surface area contributed by atoms with E-state index in [0.717, 1.165) is 0 Å². The standard InChI is InChI=1S/C4H8NO2/c1-2-3(5)4(6)7/h3H,1-2,5H2,(H,6,7)/t3-/m0/s1. The van der Waals surface area contributed by atoms with E-state index in [0.29, 0.717) is 0 Å². The predicted octanol–water partition coefficient (Wildman–Crippen LogP) is -0.378. The molecule has 3 N–H and O–H groups in total. The summed E-state index contributed by atoms with van der Waals surface area (Å²) in [4.78, 5) is 9.77. The lowest BCUT2D eigenvalue weighted by molar-refractivity contribution is -0.138. The van der Waals surface area contributed by atoms with Crippen LogP contribution in [0.4, 0.5) is 0 Å². The van der Waals surface area contributed by atoms with Crippen molar-refractivity contribution in [2.75, 3.05) is 0 Å². The summed E-state index contributed by atoms with van der Waals surface area (Å²) in [6, 6.07) is -0.792. The van der Waals surface area contributed by atoms with E-state index in [-0.39, 0.29) is 6.42 Å². The van der Waals surface area contributed by atoms with Crippen molar-refractivity contribution in [3.8, 4) is 0 Å². The lowest BCUT2D eigenvalue weighted by Gasteiger charge is -1.97. The van der Waals surface area contributed by atoms with Crippen molar-refractivity contribution in [3.05, 3.63) is 6.92 Å². The van der Waals surface area contributed by atoms with Crippen molar-refractivity contribution in [1.29, 1.82) is 0 Å². The predicted molar refractivity (Wildman–Crippen MR) is 25.6 cm³/mol. The van der Waals surface area contributed by atoms with Gasteiger partial charge in [0.15, 0.2) is 0 Å². The molecule has 3 heteroatoms. The maximum Gasteiger partial charge on any atom is 0.320 e. The highest BCUT2D eigenvalue weighted by Gasteiger charge is 2.05. The van der Waals surface area contributed by atoms with Crippen LogP contribution in [0.15, 0.2) is 0 Å². The minimum atomic E-state index is -0.991. The van der Waals surface area contributed by atoms with Gasteiger partial charge < -0.3 is 10.8 Å². The van der Waals surface area contributed by atoms with Crippen LogP contribution in [0.5, 0.6) is 0 Å². The van der Waals surface area contributed by atoms with Crippen molar-refractivity contribution in [1.82, 2.24) is 0 Å². The van der Waals surface area contributed by atoms with Gasteiger partial charge in [-0.1, -0.05) is 6.92 Å². The van der Waals surface area contributed by atoms with E-state index >= 15 is 0 Å². The fourth-order valence-electron chi connectivity index (χ4n) is 0.123. The topological polar surface area (TPSA) is 63.3 Å². The Morgan fingerprint density at radius 2 is 2.43 bits per heavy atom. The number of carboxylic acid groups (broad SMARTS) is 1. The van der Waals surface area contributed by atoms with Crippen LogP contribution in [0, 0.1) is 6.92 Å². The molecule has 1 atom stereocenters. The minimum Gasteiger partial charge on any atom is -0.480 e. The Hall–Kier alpha value is -0.570. The highest BCUT2D eigenvalue weighted by atomic mass is 16.4. The lowest BCUT2D eigenvalue weighted by Crippen LogP contribution is -2.28. The zero-order valence-corrected chi connectivity index (χ0v) is 3.92. The normalized spacial score (nSPS) is 13.4. The molecular formula is C4H8NO2. The Labute approximate surface area is 42.1 Å². The van der Waals surface area contributed by atoms with Gasteiger partial charge in [-0.15, -0.1) is 0 Å². The number of nitrogens with two attached hydrogens (primary N) is 1. The summed E-state index contributed by atoms with van der Waals surface area (Å²) in [7, 11) is 0. The average molecular weight is 102 g/mol. The third-order valence-corrected chi connectivity index (χ3v) is 0.628. The zero-order chi connectivity index (χ0) is 5.86. The molecule has 0 rings (SSSR count). The Bertz CT molecular complexity index is 72.1. The molecule has 0 aliphatic rings. The minimum absolute atomic E-state index is 0.245. The number of rotatable bonds is 2. The monoisotopic (exact) mass is 102 g/mol. The van der Waals surface area contributed by atoms with Crippen molar-refractivity contribution >= 4 is 5.97 Å². The summed E-state index contributed by atoms with van der Waals surface area (Å²) in [5.74, 6) is -0.991. The molecule has 3 nitrogen and oxygen atoms in total. The first kappa shape index (κ1) is 6.43. The summed E-state index contributed by atoms with van der Waals surface area (Å²) < 4.78 is 0. The molecule has 0 aliphatic carbocycles. The third-order valence-electron chi connectivity index (χ3n) is 0.628. The second kappa shape index (κ2) is 2.58. The van der Waals surface area contributed by atoms with Gasteiger partial charge in [0, 0.05) is 0 Å². The highest BCUT2D eigenvalue weighted by Crippen LogP contribution is 1.81.